The quantitative estimate of drug-likeness (QED) is 0.343. The fourth-order valence-corrected chi connectivity index (χ4v) is 2.81. The van der Waals surface area contributed by atoms with Crippen LogP contribution in [0.3, 0.4) is 0 Å². The lowest BCUT2D eigenvalue weighted by Gasteiger charge is -2.10. The van der Waals surface area contributed by atoms with Gasteiger partial charge in [0, 0.05) is 26.5 Å². The topological polar surface area (TPSA) is 106 Å². The third kappa shape index (κ3) is 5.35. The van der Waals surface area contributed by atoms with Crippen LogP contribution in [0, 0.1) is 18.3 Å². The fraction of sp³-hybridized carbons (Fsp3) is 0.217. The first-order chi connectivity index (χ1) is 15.0. The molecule has 158 valence electrons. The van der Waals surface area contributed by atoms with Crippen LogP contribution in [0.2, 0.25) is 0 Å². The minimum Gasteiger partial charge on any atom is -0.438 e. The Labute approximate surface area is 179 Å². The van der Waals surface area contributed by atoms with Crippen molar-refractivity contribution >= 4 is 17.6 Å². The summed E-state index contributed by atoms with van der Waals surface area (Å²) in [6.07, 6.45) is 3.38. The second kappa shape index (κ2) is 10.2. The smallest absolute Gasteiger partial charge is 0.269 e. The summed E-state index contributed by atoms with van der Waals surface area (Å²) in [5.74, 6) is -0.0904. The predicted molar refractivity (Wildman–Crippen MR) is 116 cm³/mol. The van der Waals surface area contributed by atoms with Crippen molar-refractivity contribution < 1.29 is 14.3 Å². The number of pyridine rings is 1. The van der Waals surface area contributed by atoms with Gasteiger partial charge in [-0.1, -0.05) is 23.8 Å². The van der Waals surface area contributed by atoms with E-state index in [-0.39, 0.29) is 17.0 Å². The number of carbonyl (C=O) groups is 1. The van der Waals surface area contributed by atoms with Gasteiger partial charge in [0.05, 0.1) is 0 Å². The number of methoxy groups -OCH3 is 1. The van der Waals surface area contributed by atoms with Crippen LogP contribution in [0.4, 0.5) is 0 Å². The van der Waals surface area contributed by atoms with Crippen molar-refractivity contribution in [1.29, 1.82) is 5.26 Å². The number of nitrogens with one attached hydrogen (secondary N) is 1. The van der Waals surface area contributed by atoms with Crippen LogP contribution >= 0.6 is 0 Å². The maximum Gasteiger partial charge on any atom is 0.269 e. The lowest BCUT2D eigenvalue weighted by molar-refractivity contribution is -0.117. The molecule has 0 fully saturated rings. The van der Waals surface area contributed by atoms with E-state index < -0.39 is 11.5 Å². The fourth-order valence-electron chi connectivity index (χ4n) is 2.81. The monoisotopic (exact) mass is 418 g/mol. The summed E-state index contributed by atoms with van der Waals surface area (Å²) in [7, 11) is 1.57. The van der Waals surface area contributed by atoms with Crippen molar-refractivity contribution in [2.24, 2.45) is 0 Å². The van der Waals surface area contributed by atoms with Gasteiger partial charge in [-0.3, -0.25) is 14.0 Å². The van der Waals surface area contributed by atoms with Crippen LogP contribution in [-0.4, -0.2) is 35.6 Å². The summed E-state index contributed by atoms with van der Waals surface area (Å²) >= 11 is 0. The van der Waals surface area contributed by atoms with Crippen molar-refractivity contribution in [3.8, 4) is 17.7 Å². The van der Waals surface area contributed by atoms with Crippen LogP contribution in [0.15, 0.2) is 59.0 Å². The molecule has 3 rings (SSSR count). The largest absolute Gasteiger partial charge is 0.438 e. The first-order valence-electron chi connectivity index (χ1n) is 9.68. The number of aryl methyl sites for hydroxylation is 1. The van der Waals surface area contributed by atoms with E-state index in [1.807, 2.05) is 25.1 Å². The van der Waals surface area contributed by atoms with Crippen LogP contribution < -0.4 is 15.6 Å². The molecular weight excluding hydrogens is 396 g/mol. The lowest BCUT2D eigenvalue weighted by Crippen LogP contribution is -2.27. The van der Waals surface area contributed by atoms with E-state index in [4.69, 9.17) is 9.47 Å². The van der Waals surface area contributed by atoms with Crippen molar-refractivity contribution in [2.45, 2.75) is 13.3 Å². The van der Waals surface area contributed by atoms with E-state index in [1.54, 1.807) is 43.6 Å². The van der Waals surface area contributed by atoms with Gasteiger partial charge in [-0.05, 0) is 43.7 Å². The molecule has 0 unspecified atom stereocenters. The van der Waals surface area contributed by atoms with E-state index in [0.717, 1.165) is 5.56 Å². The molecule has 0 bridgehead atoms. The summed E-state index contributed by atoms with van der Waals surface area (Å²) in [5.41, 5.74) is 0.770. The summed E-state index contributed by atoms with van der Waals surface area (Å²) in [6, 6.07) is 14.2. The number of hydrogen-bond acceptors (Lipinski definition) is 6. The van der Waals surface area contributed by atoms with Crippen molar-refractivity contribution in [3.05, 3.63) is 75.7 Å². The second-order valence-corrected chi connectivity index (χ2v) is 6.75. The third-order valence-corrected chi connectivity index (χ3v) is 4.43. The van der Waals surface area contributed by atoms with E-state index in [0.29, 0.717) is 31.0 Å². The average Bonchev–Trinajstić information content (AvgIpc) is 2.78. The van der Waals surface area contributed by atoms with Crippen LogP contribution in [0.1, 0.15) is 17.5 Å². The van der Waals surface area contributed by atoms with Crippen molar-refractivity contribution in [3.63, 3.8) is 0 Å². The minimum atomic E-state index is -0.586. The van der Waals surface area contributed by atoms with Crippen LogP contribution in [-0.2, 0) is 9.53 Å². The highest BCUT2D eigenvalue weighted by molar-refractivity contribution is 6.01. The standard InChI is InChI=1S/C23H22N4O4/c1-16-7-9-18(10-8-16)31-22-19(23(29)27-12-4-3-6-20(27)26-22)14-17(15-24)21(28)25-11-5-13-30-2/h3-4,6-10,12,14H,5,11,13H2,1-2H3,(H,25,28). The number of benzene rings is 1. The molecule has 8 nitrogen and oxygen atoms in total. The molecule has 0 aliphatic carbocycles. The second-order valence-electron chi connectivity index (χ2n) is 6.75. The number of amides is 1. The first kappa shape index (κ1) is 21.7. The molecule has 2 heterocycles. The SMILES string of the molecule is COCCCNC(=O)C(C#N)=Cc1c(Oc2ccc(C)cc2)nc2ccccn2c1=O. The molecule has 1 N–H and O–H groups in total. The Morgan fingerprint density at radius 2 is 2.03 bits per heavy atom. The van der Waals surface area contributed by atoms with Gasteiger partial charge in [0.1, 0.15) is 28.6 Å². The Morgan fingerprint density at radius 1 is 1.26 bits per heavy atom. The van der Waals surface area contributed by atoms with Gasteiger partial charge < -0.3 is 14.8 Å². The van der Waals surface area contributed by atoms with Gasteiger partial charge >= 0.3 is 0 Å². The van der Waals surface area contributed by atoms with Gasteiger partial charge in [-0.2, -0.15) is 10.2 Å². The molecule has 0 atom stereocenters. The molecule has 1 amide bonds. The van der Waals surface area contributed by atoms with E-state index in [1.165, 1.54) is 10.5 Å². The molecular formula is C23H22N4O4. The van der Waals surface area contributed by atoms with E-state index in [9.17, 15) is 14.9 Å². The molecule has 0 spiro atoms. The maximum atomic E-state index is 13.1. The summed E-state index contributed by atoms with van der Waals surface area (Å²) in [6.45, 7) is 2.77. The van der Waals surface area contributed by atoms with Crippen LogP contribution in [0.25, 0.3) is 11.7 Å². The Balaban J connectivity index is 2.04. The molecule has 0 radical (unpaired) electrons. The number of carbonyl (C=O) groups excluding carboxylic acids is 1. The maximum absolute atomic E-state index is 13.1. The van der Waals surface area contributed by atoms with E-state index >= 15 is 0 Å². The highest BCUT2D eigenvalue weighted by atomic mass is 16.5. The molecule has 2 aromatic heterocycles. The van der Waals surface area contributed by atoms with E-state index in [2.05, 4.69) is 10.3 Å². The highest BCUT2D eigenvalue weighted by Gasteiger charge is 2.17. The molecule has 0 saturated carbocycles. The Bertz CT molecular complexity index is 1210. The highest BCUT2D eigenvalue weighted by Crippen LogP contribution is 2.24. The molecule has 1 aromatic carbocycles. The molecule has 0 saturated heterocycles. The zero-order valence-electron chi connectivity index (χ0n) is 17.3. The molecule has 3 aromatic rings. The molecule has 8 heteroatoms. The Hall–Kier alpha value is -3.96. The normalized spacial score (nSPS) is 11.2. The van der Waals surface area contributed by atoms with Crippen molar-refractivity contribution in [2.75, 3.05) is 20.3 Å². The number of rotatable bonds is 8. The van der Waals surface area contributed by atoms with Gasteiger partial charge in [0.15, 0.2) is 0 Å². The average molecular weight is 418 g/mol. The zero-order chi connectivity index (χ0) is 22.2. The number of aromatic nitrogens is 2. The predicted octanol–water partition coefficient (Wildman–Crippen LogP) is 2.85. The first-order valence-corrected chi connectivity index (χ1v) is 9.68. The number of ether oxygens (including phenoxy) is 2. The number of fused-ring (bicyclic) bond motifs is 1. The van der Waals surface area contributed by atoms with Gasteiger partial charge in [-0.25, -0.2) is 0 Å². The minimum absolute atomic E-state index is 0.00728. The molecule has 31 heavy (non-hydrogen) atoms. The van der Waals surface area contributed by atoms with Crippen LogP contribution in [0.5, 0.6) is 11.6 Å². The zero-order valence-corrected chi connectivity index (χ0v) is 17.3. The Kier molecular flexibility index (Phi) is 7.14. The van der Waals surface area contributed by atoms with Gasteiger partial charge in [-0.15, -0.1) is 0 Å². The number of nitrogens with zero attached hydrogens (tertiary/aromatic N) is 3. The number of hydrogen-bond donors (Lipinski definition) is 1. The molecule has 0 aliphatic heterocycles. The van der Waals surface area contributed by atoms with Crippen molar-refractivity contribution in [1.82, 2.24) is 14.7 Å². The van der Waals surface area contributed by atoms with Gasteiger partial charge in [0.25, 0.3) is 11.5 Å². The third-order valence-electron chi connectivity index (χ3n) is 4.43. The summed E-state index contributed by atoms with van der Waals surface area (Å²) in [5, 5.41) is 12.1. The molecule has 0 aliphatic rings. The summed E-state index contributed by atoms with van der Waals surface area (Å²) < 4.78 is 12.1. The number of nitriles is 1. The Morgan fingerprint density at radius 3 is 2.74 bits per heavy atom. The summed E-state index contributed by atoms with van der Waals surface area (Å²) in [4.78, 5) is 29.9. The van der Waals surface area contributed by atoms with Gasteiger partial charge in [0.2, 0.25) is 5.88 Å². The lowest BCUT2D eigenvalue weighted by atomic mass is 10.1.